The topological polar surface area (TPSA) is 38.9 Å². The number of fused-ring (bicyclic) bond motifs is 1. The first-order chi connectivity index (χ1) is 5.29. The van der Waals surface area contributed by atoms with Crippen molar-refractivity contribution in [3.63, 3.8) is 0 Å². The van der Waals surface area contributed by atoms with Crippen LogP contribution in [0, 0.1) is 6.92 Å². The summed E-state index contributed by atoms with van der Waals surface area (Å²) in [5.74, 6) is 0. The first-order valence-electron chi connectivity index (χ1n) is 3.16. The Hall–Kier alpha value is -0.900. The van der Waals surface area contributed by atoms with Crippen molar-refractivity contribution in [3.8, 4) is 0 Å². The monoisotopic (exact) mass is 212 g/mol. The molecule has 56 valence electrons. The van der Waals surface area contributed by atoms with Crippen LogP contribution in [0.25, 0.3) is 11.0 Å². The summed E-state index contributed by atoms with van der Waals surface area (Å²) < 4.78 is 5.51. The quantitative estimate of drug-likeness (QED) is 0.673. The molecule has 0 aliphatic heterocycles. The largest absolute Gasteiger partial charge is 0.243 e. The number of rotatable bonds is 0. The van der Waals surface area contributed by atoms with Crippen LogP contribution in [0.15, 0.2) is 21.2 Å². The predicted octanol–water partition coefficient (Wildman–Crippen LogP) is 2.29. The number of halogens is 1. The molecule has 3 nitrogen and oxygen atoms in total. The molecule has 0 spiro atoms. The second-order valence-electron chi connectivity index (χ2n) is 2.33. The van der Waals surface area contributed by atoms with Gasteiger partial charge in [-0.05, 0) is 44.8 Å². The molecule has 0 N–H and O–H groups in total. The van der Waals surface area contributed by atoms with E-state index in [0.29, 0.717) is 0 Å². The molecular formula is C7H5BrN2O. The molecule has 1 aromatic heterocycles. The van der Waals surface area contributed by atoms with Gasteiger partial charge in [0.05, 0.1) is 0 Å². The molecule has 0 radical (unpaired) electrons. The average Bonchev–Trinajstić information content (AvgIpc) is 2.45. The van der Waals surface area contributed by atoms with Crippen LogP contribution in [0.4, 0.5) is 0 Å². The first-order valence-corrected chi connectivity index (χ1v) is 3.96. The van der Waals surface area contributed by atoms with Crippen LogP contribution in [-0.4, -0.2) is 10.3 Å². The Labute approximate surface area is 71.5 Å². The zero-order chi connectivity index (χ0) is 7.84. The first kappa shape index (κ1) is 6.79. The fourth-order valence-electron chi connectivity index (χ4n) is 0.960. The summed E-state index contributed by atoms with van der Waals surface area (Å²) in [4.78, 5) is 0. The molecule has 2 aromatic rings. The summed E-state index contributed by atoms with van der Waals surface area (Å²) in [6.45, 7) is 1.97. The van der Waals surface area contributed by atoms with Crippen molar-refractivity contribution in [2.24, 2.45) is 0 Å². The van der Waals surface area contributed by atoms with Crippen LogP contribution < -0.4 is 0 Å². The molecule has 0 saturated heterocycles. The van der Waals surface area contributed by atoms with Crippen molar-refractivity contribution in [1.29, 1.82) is 0 Å². The van der Waals surface area contributed by atoms with Gasteiger partial charge in [0.1, 0.15) is 11.0 Å². The molecule has 0 fully saturated rings. The van der Waals surface area contributed by atoms with Crippen LogP contribution >= 0.6 is 15.9 Å². The van der Waals surface area contributed by atoms with Gasteiger partial charge in [-0.25, -0.2) is 4.63 Å². The number of hydrogen-bond donors (Lipinski definition) is 0. The van der Waals surface area contributed by atoms with Crippen molar-refractivity contribution < 1.29 is 4.63 Å². The summed E-state index contributed by atoms with van der Waals surface area (Å²) in [5.41, 5.74) is 2.67. The Balaban J connectivity index is 2.96. The van der Waals surface area contributed by atoms with Gasteiger partial charge >= 0.3 is 0 Å². The van der Waals surface area contributed by atoms with Crippen LogP contribution in [0.1, 0.15) is 5.56 Å². The highest BCUT2D eigenvalue weighted by atomic mass is 79.9. The minimum Gasteiger partial charge on any atom is -0.243 e. The van der Waals surface area contributed by atoms with E-state index in [1.54, 1.807) is 0 Å². The van der Waals surface area contributed by atoms with Crippen molar-refractivity contribution in [2.75, 3.05) is 0 Å². The second kappa shape index (κ2) is 2.30. The van der Waals surface area contributed by atoms with Crippen molar-refractivity contribution in [1.82, 2.24) is 10.3 Å². The Kier molecular flexibility index (Phi) is 1.42. The van der Waals surface area contributed by atoms with Gasteiger partial charge in [-0.3, -0.25) is 0 Å². The SMILES string of the molecule is Cc1ccc(Br)c2nonc12. The molecular weight excluding hydrogens is 208 g/mol. The number of benzene rings is 1. The molecule has 1 aromatic carbocycles. The lowest BCUT2D eigenvalue weighted by atomic mass is 10.2. The van der Waals surface area contributed by atoms with Gasteiger partial charge < -0.3 is 0 Å². The van der Waals surface area contributed by atoms with Gasteiger partial charge in [-0.2, -0.15) is 0 Å². The summed E-state index contributed by atoms with van der Waals surface area (Å²) >= 11 is 3.35. The van der Waals surface area contributed by atoms with E-state index < -0.39 is 0 Å². The van der Waals surface area contributed by atoms with Crippen molar-refractivity contribution >= 4 is 27.0 Å². The van der Waals surface area contributed by atoms with Crippen LogP contribution in [0.3, 0.4) is 0 Å². The third-order valence-corrected chi connectivity index (χ3v) is 2.21. The zero-order valence-electron chi connectivity index (χ0n) is 5.84. The normalized spacial score (nSPS) is 10.7. The van der Waals surface area contributed by atoms with Crippen LogP contribution in [-0.2, 0) is 0 Å². The average molecular weight is 213 g/mol. The molecule has 0 atom stereocenters. The van der Waals surface area contributed by atoms with E-state index in [1.807, 2.05) is 19.1 Å². The van der Waals surface area contributed by atoms with Gasteiger partial charge in [0.25, 0.3) is 0 Å². The van der Waals surface area contributed by atoms with Crippen LogP contribution in [0.5, 0.6) is 0 Å². The van der Waals surface area contributed by atoms with Gasteiger partial charge in [0.15, 0.2) is 0 Å². The third kappa shape index (κ3) is 0.939. The Bertz CT molecular complexity index is 360. The minimum absolute atomic E-state index is 0.782. The highest BCUT2D eigenvalue weighted by Gasteiger charge is 2.05. The third-order valence-electron chi connectivity index (χ3n) is 1.57. The maximum absolute atomic E-state index is 4.60. The predicted molar refractivity (Wildman–Crippen MR) is 44.2 cm³/mol. The van der Waals surface area contributed by atoms with Crippen molar-refractivity contribution in [3.05, 3.63) is 22.2 Å². The number of nitrogens with zero attached hydrogens (tertiary/aromatic N) is 2. The molecule has 4 heteroatoms. The molecule has 0 bridgehead atoms. The highest BCUT2D eigenvalue weighted by molar-refractivity contribution is 9.10. The lowest BCUT2D eigenvalue weighted by Crippen LogP contribution is -1.76. The van der Waals surface area contributed by atoms with Gasteiger partial charge in [0, 0.05) is 4.47 Å². The van der Waals surface area contributed by atoms with Crippen molar-refractivity contribution in [2.45, 2.75) is 6.92 Å². The molecule has 2 rings (SSSR count). The summed E-state index contributed by atoms with van der Waals surface area (Å²) in [7, 11) is 0. The summed E-state index contributed by atoms with van der Waals surface area (Å²) in [6, 6.07) is 3.90. The van der Waals surface area contributed by atoms with E-state index in [1.165, 1.54) is 0 Å². The molecule has 1 heterocycles. The zero-order valence-corrected chi connectivity index (χ0v) is 7.42. The lowest BCUT2D eigenvalue weighted by Gasteiger charge is -1.91. The standard InChI is InChI=1S/C7H5BrN2O/c1-4-2-3-5(8)7-6(4)9-11-10-7/h2-3H,1H3. The smallest absolute Gasteiger partial charge is 0.149 e. The summed E-state index contributed by atoms with van der Waals surface area (Å²) in [6.07, 6.45) is 0. The molecule has 0 aliphatic rings. The molecule has 11 heavy (non-hydrogen) atoms. The Morgan fingerprint density at radius 2 is 2.00 bits per heavy atom. The molecule has 0 unspecified atom stereocenters. The van der Waals surface area contributed by atoms with E-state index in [-0.39, 0.29) is 0 Å². The number of aromatic nitrogens is 2. The van der Waals surface area contributed by atoms with Gasteiger partial charge in [-0.1, -0.05) is 6.07 Å². The van der Waals surface area contributed by atoms with E-state index in [4.69, 9.17) is 0 Å². The molecule has 0 saturated carbocycles. The number of aryl methyl sites for hydroxylation is 1. The fraction of sp³-hybridized carbons (Fsp3) is 0.143. The fourth-order valence-corrected chi connectivity index (χ4v) is 1.35. The van der Waals surface area contributed by atoms with Gasteiger partial charge in [0.2, 0.25) is 0 Å². The molecule has 0 amide bonds. The molecule has 0 aliphatic carbocycles. The summed E-state index contributed by atoms with van der Waals surface area (Å²) in [5, 5.41) is 7.51. The van der Waals surface area contributed by atoms with E-state index in [9.17, 15) is 0 Å². The van der Waals surface area contributed by atoms with E-state index in [0.717, 1.165) is 21.1 Å². The number of hydrogen-bond acceptors (Lipinski definition) is 3. The Morgan fingerprint density at radius 3 is 2.73 bits per heavy atom. The minimum atomic E-state index is 0.782. The van der Waals surface area contributed by atoms with E-state index >= 15 is 0 Å². The van der Waals surface area contributed by atoms with Crippen LogP contribution in [0.2, 0.25) is 0 Å². The maximum atomic E-state index is 4.60. The lowest BCUT2D eigenvalue weighted by molar-refractivity contribution is 0.315. The van der Waals surface area contributed by atoms with E-state index in [2.05, 4.69) is 30.9 Å². The Morgan fingerprint density at radius 1 is 1.27 bits per heavy atom. The highest BCUT2D eigenvalue weighted by Crippen LogP contribution is 2.22. The maximum Gasteiger partial charge on any atom is 0.149 e. The second-order valence-corrected chi connectivity index (χ2v) is 3.18. The van der Waals surface area contributed by atoms with Gasteiger partial charge in [-0.15, -0.1) is 0 Å².